The van der Waals surface area contributed by atoms with Crippen LogP contribution in [0.15, 0.2) is 42.0 Å². The minimum Gasteiger partial charge on any atom is -0.445 e. The largest absolute Gasteiger partial charge is 0.445 e. The van der Waals surface area contributed by atoms with Gasteiger partial charge in [-0.05, 0) is 35.8 Å². The van der Waals surface area contributed by atoms with Crippen LogP contribution >= 0.6 is 0 Å². The summed E-state index contributed by atoms with van der Waals surface area (Å²) >= 11 is 0. The first-order valence-electron chi connectivity index (χ1n) is 9.21. The SMILES string of the molecule is C[C@@H]1CC=C(C[C@H]2CC(=O)CN(C(=O)OCc3ccccc3)C2)C(=O)C1. The summed E-state index contributed by atoms with van der Waals surface area (Å²) in [7, 11) is 0. The van der Waals surface area contributed by atoms with Gasteiger partial charge in [0.1, 0.15) is 6.61 Å². The maximum Gasteiger partial charge on any atom is 0.410 e. The van der Waals surface area contributed by atoms with Crippen LogP contribution in [-0.4, -0.2) is 35.6 Å². The molecular formula is C21H25NO4. The van der Waals surface area contributed by atoms with Crippen molar-refractivity contribution in [3.63, 3.8) is 0 Å². The normalized spacial score (nSPS) is 23.6. The highest BCUT2D eigenvalue weighted by molar-refractivity contribution is 5.96. The molecule has 0 N–H and O–H groups in total. The minimum absolute atomic E-state index is 0.0101. The number of Topliss-reactive ketones (excluding diaryl/α,β-unsaturated/α-hetero) is 2. The summed E-state index contributed by atoms with van der Waals surface area (Å²) in [5.41, 5.74) is 1.73. The van der Waals surface area contributed by atoms with Gasteiger partial charge in [-0.15, -0.1) is 0 Å². The molecular weight excluding hydrogens is 330 g/mol. The Balaban J connectivity index is 1.56. The van der Waals surface area contributed by atoms with Gasteiger partial charge in [-0.2, -0.15) is 0 Å². The van der Waals surface area contributed by atoms with E-state index in [1.54, 1.807) is 0 Å². The molecule has 1 amide bonds. The van der Waals surface area contributed by atoms with Crippen molar-refractivity contribution in [1.82, 2.24) is 4.90 Å². The molecule has 1 aliphatic heterocycles. The summed E-state index contributed by atoms with van der Waals surface area (Å²) in [4.78, 5) is 38.1. The number of benzene rings is 1. The minimum atomic E-state index is -0.468. The van der Waals surface area contributed by atoms with Crippen LogP contribution in [0.4, 0.5) is 4.79 Å². The third-order valence-corrected chi connectivity index (χ3v) is 4.99. The van der Waals surface area contributed by atoms with Gasteiger partial charge in [0.15, 0.2) is 11.6 Å². The number of allylic oxidation sites excluding steroid dienone is 2. The molecule has 1 saturated heterocycles. The Morgan fingerprint density at radius 2 is 1.96 bits per heavy atom. The molecule has 5 nitrogen and oxygen atoms in total. The molecule has 2 atom stereocenters. The summed E-state index contributed by atoms with van der Waals surface area (Å²) in [5.74, 6) is 0.586. The lowest BCUT2D eigenvalue weighted by Crippen LogP contribution is -2.44. The Morgan fingerprint density at radius 1 is 1.19 bits per heavy atom. The van der Waals surface area contributed by atoms with Crippen LogP contribution < -0.4 is 0 Å². The van der Waals surface area contributed by atoms with Gasteiger partial charge in [-0.3, -0.25) is 9.59 Å². The molecule has 3 rings (SSSR count). The first kappa shape index (κ1) is 18.4. The predicted molar refractivity (Wildman–Crippen MR) is 97.4 cm³/mol. The fraction of sp³-hybridized carbons (Fsp3) is 0.476. The molecule has 0 unspecified atom stereocenters. The third kappa shape index (κ3) is 4.81. The molecule has 1 heterocycles. The zero-order valence-electron chi connectivity index (χ0n) is 15.1. The Morgan fingerprint density at radius 3 is 2.69 bits per heavy atom. The van der Waals surface area contributed by atoms with Crippen molar-refractivity contribution in [2.75, 3.05) is 13.1 Å². The van der Waals surface area contributed by atoms with Crippen LogP contribution in [-0.2, 0) is 20.9 Å². The summed E-state index contributed by atoms with van der Waals surface area (Å²) in [6.07, 6.45) is 4.01. The smallest absolute Gasteiger partial charge is 0.410 e. The lowest BCUT2D eigenvalue weighted by molar-refractivity contribution is -0.124. The molecule has 1 fully saturated rings. The van der Waals surface area contributed by atoms with Crippen LogP contribution in [0.1, 0.15) is 38.2 Å². The van der Waals surface area contributed by atoms with Crippen LogP contribution in [0, 0.1) is 11.8 Å². The molecule has 0 saturated carbocycles. The van der Waals surface area contributed by atoms with E-state index in [4.69, 9.17) is 4.74 Å². The highest BCUT2D eigenvalue weighted by Gasteiger charge is 2.31. The molecule has 0 aromatic heterocycles. The Kier molecular flexibility index (Phi) is 5.86. The van der Waals surface area contributed by atoms with Crippen molar-refractivity contribution < 1.29 is 19.1 Å². The molecule has 0 spiro atoms. The molecule has 26 heavy (non-hydrogen) atoms. The second-order valence-corrected chi connectivity index (χ2v) is 7.43. The van der Waals surface area contributed by atoms with Gasteiger partial charge in [-0.1, -0.05) is 43.3 Å². The number of hydrogen-bond acceptors (Lipinski definition) is 4. The number of nitrogens with zero attached hydrogens (tertiary/aromatic N) is 1. The maximum absolute atomic E-state index is 12.3. The van der Waals surface area contributed by atoms with E-state index in [1.165, 1.54) is 4.90 Å². The summed E-state index contributed by atoms with van der Waals surface area (Å²) in [6.45, 7) is 2.81. The van der Waals surface area contributed by atoms with E-state index in [0.29, 0.717) is 31.7 Å². The Bertz CT molecular complexity index is 710. The van der Waals surface area contributed by atoms with Crippen molar-refractivity contribution in [2.24, 2.45) is 11.8 Å². The Labute approximate surface area is 154 Å². The monoisotopic (exact) mass is 355 g/mol. The van der Waals surface area contributed by atoms with E-state index in [0.717, 1.165) is 17.6 Å². The molecule has 1 aromatic carbocycles. The van der Waals surface area contributed by atoms with Crippen molar-refractivity contribution in [1.29, 1.82) is 0 Å². The Hall–Kier alpha value is -2.43. The van der Waals surface area contributed by atoms with Gasteiger partial charge in [0.25, 0.3) is 0 Å². The molecule has 2 aliphatic rings. The summed E-state index contributed by atoms with van der Waals surface area (Å²) in [6, 6.07) is 9.46. The number of piperidine rings is 1. The first-order chi connectivity index (χ1) is 12.5. The maximum atomic E-state index is 12.3. The van der Waals surface area contributed by atoms with Crippen LogP contribution in [0.5, 0.6) is 0 Å². The van der Waals surface area contributed by atoms with Gasteiger partial charge in [0, 0.05) is 19.4 Å². The number of amides is 1. The van der Waals surface area contributed by atoms with Gasteiger partial charge in [0.2, 0.25) is 0 Å². The number of ketones is 2. The molecule has 138 valence electrons. The van der Waals surface area contributed by atoms with E-state index in [-0.39, 0.29) is 30.6 Å². The van der Waals surface area contributed by atoms with Gasteiger partial charge in [-0.25, -0.2) is 4.79 Å². The van der Waals surface area contributed by atoms with Gasteiger partial charge in [0.05, 0.1) is 6.54 Å². The number of carbonyl (C=O) groups excluding carboxylic acids is 3. The number of rotatable bonds is 4. The van der Waals surface area contributed by atoms with Crippen molar-refractivity contribution in [3.8, 4) is 0 Å². The lowest BCUT2D eigenvalue weighted by atomic mass is 9.83. The summed E-state index contributed by atoms with van der Waals surface area (Å²) < 4.78 is 5.34. The molecule has 1 aliphatic carbocycles. The number of likely N-dealkylation sites (tertiary alicyclic amines) is 1. The quantitative estimate of drug-likeness (QED) is 0.829. The standard InChI is InChI=1S/C21H25NO4/c1-15-7-8-18(20(24)9-15)10-17-11-19(23)13-22(12-17)21(25)26-14-16-5-3-2-4-6-16/h2-6,8,15,17H,7,9-14H2,1H3/t15-,17+/m1/s1. The van der Waals surface area contributed by atoms with E-state index in [1.807, 2.05) is 36.4 Å². The zero-order valence-corrected chi connectivity index (χ0v) is 15.1. The fourth-order valence-corrected chi connectivity index (χ4v) is 3.62. The number of ether oxygens (including phenoxy) is 1. The van der Waals surface area contributed by atoms with E-state index < -0.39 is 6.09 Å². The van der Waals surface area contributed by atoms with E-state index >= 15 is 0 Å². The highest BCUT2D eigenvalue weighted by Crippen LogP contribution is 2.28. The number of carbonyl (C=O) groups is 3. The van der Waals surface area contributed by atoms with Crippen molar-refractivity contribution >= 4 is 17.7 Å². The van der Waals surface area contributed by atoms with Crippen molar-refractivity contribution in [3.05, 3.63) is 47.5 Å². The van der Waals surface area contributed by atoms with E-state index in [9.17, 15) is 14.4 Å². The van der Waals surface area contributed by atoms with Crippen LogP contribution in [0.3, 0.4) is 0 Å². The average molecular weight is 355 g/mol. The molecule has 5 heteroatoms. The van der Waals surface area contributed by atoms with Crippen molar-refractivity contribution in [2.45, 2.75) is 39.2 Å². The highest BCUT2D eigenvalue weighted by atomic mass is 16.6. The second kappa shape index (κ2) is 8.30. The van der Waals surface area contributed by atoms with Crippen LogP contribution in [0.2, 0.25) is 0 Å². The van der Waals surface area contributed by atoms with Gasteiger partial charge >= 0.3 is 6.09 Å². The second-order valence-electron chi connectivity index (χ2n) is 7.43. The first-order valence-corrected chi connectivity index (χ1v) is 9.21. The topological polar surface area (TPSA) is 63.7 Å². The lowest BCUT2D eigenvalue weighted by Gasteiger charge is -2.32. The molecule has 0 bridgehead atoms. The number of hydrogen-bond donors (Lipinski definition) is 0. The predicted octanol–water partition coefficient (Wildman–Crippen LogP) is 3.53. The zero-order chi connectivity index (χ0) is 18.5. The average Bonchev–Trinajstić information content (AvgIpc) is 2.62. The molecule has 1 aromatic rings. The summed E-state index contributed by atoms with van der Waals surface area (Å²) in [5, 5.41) is 0. The van der Waals surface area contributed by atoms with Crippen LogP contribution in [0.25, 0.3) is 0 Å². The van der Waals surface area contributed by atoms with E-state index in [2.05, 4.69) is 6.92 Å². The molecule has 0 radical (unpaired) electrons. The van der Waals surface area contributed by atoms with Gasteiger partial charge < -0.3 is 9.64 Å². The third-order valence-electron chi connectivity index (χ3n) is 4.99. The fourth-order valence-electron chi connectivity index (χ4n) is 3.62.